The average molecular weight is 472 g/mol. The first-order chi connectivity index (χ1) is 15.8. The third kappa shape index (κ3) is 5.22. The van der Waals surface area contributed by atoms with E-state index in [0.29, 0.717) is 17.0 Å². The van der Waals surface area contributed by atoms with Gasteiger partial charge in [0.2, 0.25) is 5.91 Å². The number of benzene rings is 1. The van der Waals surface area contributed by atoms with Crippen LogP contribution in [0, 0.1) is 6.57 Å². The number of amides is 1. The van der Waals surface area contributed by atoms with Crippen molar-refractivity contribution in [1.29, 1.82) is 0 Å². The van der Waals surface area contributed by atoms with Crippen LogP contribution in [0.1, 0.15) is 65.1 Å². The summed E-state index contributed by atoms with van der Waals surface area (Å²) in [6.07, 6.45) is 4.78. The molecule has 0 spiro atoms. The standard InChI is InChI=1S/C25H24ClF2N3O2/c1-29-23-13-25(27,28)15-31(23)24(33)8-7-22(32)21-9-10-30-14-18(21)11-16-3-2-4-17-12-19(26)5-6-20(16)17/h5-6,9-10,12,14,16,23H,2-4,7-8,11,13,15H2/t16?,23-/m0/s1. The molecule has 5 nitrogen and oxygen atoms in total. The van der Waals surface area contributed by atoms with Crippen molar-refractivity contribution >= 4 is 23.3 Å². The van der Waals surface area contributed by atoms with Crippen molar-refractivity contribution in [2.75, 3.05) is 6.54 Å². The van der Waals surface area contributed by atoms with Crippen LogP contribution in [0.5, 0.6) is 0 Å². The second kappa shape index (κ2) is 9.56. The first kappa shape index (κ1) is 23.3. The minimum atomic E-state index is -3.06. The molecule has 33 heavy (non-hydrogen) atoms. The highest BCUT2D eigenvalue weighted by atomic mass is 35.5. The van der Waals surface area contributed by atoms with Crippen LogP contribution in [0.25, 0.3) is 4.85 Å². The smallest absolute Gasteiger partial charge is 0.294 e. The highest BCUT2D eigenvalue weighted by Crippen LogP contribution is 2.36. The maximum absolute atomic E-state index is 13.6. The lowest BCUT2D eigenvalue weighted by Crippen LogP contribution is -2.35. The fraction of sp³-hybridized carbons (Fsp3) is 0.440. The first-order valence-corrected chi connectivity index (χ1v) is 11.4. The zero-order valence-corrected chi connectivity index (χ0v) is 18.8. The molecule has 0 bridgehead atoms. The molecule has 2 atom stereocenters. The summed E-state index contributed by atoms with van der Waals surface area (Å²) in [5.41, 5.74) is 3.79. The molecule has 172 valence electrons. The third-order valence-corrected chi connectivity index (χ3v) is 6.73. The number of hydrogen-bond acceptors (Lipinski definition) is 3. The number of fused-ring (bicyclic) bond motifs is 1. The molecular weight excluding hydrogens is 448 g/mol. The average Bonchev–Trinajstić information content (AvgIpc) is 3.12. The van der Waals surface area contributed by atoms with Gasteiger partial charge in [0, 0.05) is 35.8 Å². The lowest BCUT2D eigenvalue weighted by molar-refractivity contribution is -0.132. The summed E-state index contributed by atoms with van der Waals surface area (Å²) in [7, 11) is 0. The van der Waals surface area contributed by atoms with E-state index >= 15 is 0 Å². The van der Waals surface area contributed by atoms with Gasteiger partial charge in [-0.05, 0) is 66.5 Å². The number of likely N-dealkylation sites (tertiary alicyclic amines) is 1. The number of aryl methyl sites for hydroxylation is 1. The fourth-order valence-electron chi connectivity index (χ4n) is 4.89. The molecule has 2 aromatic rings. The molecule has 0 N–H and O–H groups in total. The highest BCUT2D eigenvalue weighted by Gasteiger charge is 2.50. The van der Waals surface area contributed by atoms with E-state index in [1.54, 1.807) is 18.5 Å². The summed E-state index contributed by atoms with van der Waals surface area (Å²) >= 11 is 6.15. The van der Waals surface area contributed by atoms with Crippen LogP contribution in [-0.2, 0) is 17.6 Å². The molecule has 1 fully saturated rings. The molecule has 1 aliphatic carbocycles. The Morgan fingerprint density at radius 1 is 1.27 bits per heavy atom. The molecule has 2 heterocycles. The molecule has 1 aromatic carbocycles. The Bertz CT molecular complexity index is 1120. The molecule has 0 radical (unpaired) electrons. The molecule has 1 saturated heterocycles. The lowest BCUT2D eigenvalue weighted by atomic mass is 9.79. The number of Topliss-reactive ketones (excluding diaryl/α,β-unsaturated/α-hetero) is 1. The quantitative estimate of drug-likeness (QED) is 0.414. The van der Waals surface area contributed by atoms with Crippen molar-refractivity contribution < 1.29 is 18.4 Å². The van der Waals surface area contributed by atoms with E-state index in [4.69, 9.17) is 18.2 Å². The number of carbonyl (C=O) groups excluding carboxylic acids is 2. The number of rotatable bonds is 6. The van der Waals surface area contributed by atoms with E-state index in [0.717, 1.165) is 29.7 Å². The number of alkyl halides is 2. The van der Waals surface area contributed by atoms with Crippen LogP contribution in [0.15, 0.2) is 36.7 Å². The third-order valence-electron chi connectivity index (χ3n) is 6.49. The van der Waals surface area contributed by atoms with Crippen LogP contribution >= 0.6 is 11.6 Å². The number of carbonyl (C=O) groups is 2. The summed E-state index contributed by atoms with van der Waals surface area (Å²) in [4.78, 5) is 33.7. The maximum atomic E-state index is 13.6. The van der Waals surface area contributed by atoms with Gasteiger partial charge >= 0.3 is 6.17 Å². The van der Waals surface area contributed by atoms with E-state index in [1.165, 1.54) is 11.1 Å². The summed E-state index contributed by atoms with van der Waals surface area (Å²) in [5, 5.41) is 0.715. The zero-order chi connectivity index (χ0) is 23.6. The second-order valence-electron chi connectivity index (χ2n) is 8.78. The molecule has 0 saturated carbocycles. The number of halogens is 3. The van der Waals surface area contributed by atoms with Gasteiger partial charge in [-0.1, -0.05) is 17.7 Å². The van der Waals surface area contributed by atoms with E-state index in [1.807, 2.05) is 12.1 Å². The van der Waals surface area contributed by atoms with Crippen molar-refractivity contribution in [3.8, 4) is 0 Å². The topological polar surface area (TPSA) is 54.6 Å². The molecule has 1 aromatic heterocycles. The van der Waals surface area contributed by atoms with Crippen LogP contribution in [-0.4, -0.2) is 40.2 Å². The molecule has 1 aliphatic heterocycles. The molecule has 2 aliphatic rings. The van der Waals surface area contributed by atoms with Crippen molar-refractivity contribution in [3.63, 3.8) is 0 Å². The minimum absolute atomic E-state index is 0.0977. The maximum Gasteiger partial charge on any atom is 0.306 e. The van der Waals surface area contributed by atoms with Gasteiger partial charge in [0.05, 0.1) is 6.54 Å². The van der Waals surface area contributed by atoms with Gasteiger partial charge < -0.3 is 0 Å². The minimum Gasteiger partial charge on any atom is -0.294 e. The normalized spacial score (nSPS) is 21.3. The Hall–Kier alpha value is -2.85. The van der Waals surface area contributed by atoms with E-state index < -0.39 is 31.0 Å². The first-order valence-electron chi connectivity index (χ1n) is 11.1. The number of hydrogen-bond donors (Lipinski definition) is 0. The van der Waals surface area contributed by atoms with Crippen LogP contribution in [0.4, 0.5) is 8.78 Å². The van der Waals surface area contributed by atoms with Crippen molar-refractivity contribution in [1.82, 2.24) is 9.88 Å². The lowest BCUT2D eigenvalue weighted by Gasteiger charge is -2.26. The van der Waals surface area contributed by atoms with Gasteiger partial charge in [-0.2, -0.15) is 0 Å². The number of pyridine rings is 1. The van der Waals surface area contributed by atoms with Gasteiger partial charge in [-0.15, -0.1) is 0 Å². The predicted molar refractivity (Wildman–Crippen MR) is 120 cm³/mol. The van der Waals surface area contributed by atoms with Gasteiger partial charge in [0.25, 0.3) is 5.92 Å². The molecule has 4 rings (SSSR count). The Morgan fingerprint density at radius 2 is 2.09 bits per heavy atom. The summed E-state index contributed by atoms with van der Waals surface area (Å²) in [5.74, 6) is -3.63. The monoisotopic (exact) mass is 471 g/mol. The van der Waals surface area contributed by atoms with Crippen LogP contribution < -0.4 is 0 Å². The number of nitrogens with zero attached hydrogens (tertiary/aromatic N) is 3. The molecule has 8 heteroatoms. The van der Waals surface area contributed by atoms with E-state index in [-0.39, 0.29) is 24.5 Å². The number of ketones is 1. The van der Waals surface area contributed by atoms with E-state index in [9.17, 15) is 18.4 Å². The van der Waals surface area contributed by atoms with Crippen molar-refractivity contribution in [2.45, 2.75) is 63.0 Å². The van der Waals surface area contributed by atoms with Crippen LogP contribution in [0.2, 0.25) is 5.02 Å². The largest absolute Gasteiger partial charge is 0.306 e. The van der Waals surface area contributed by atoms with Gasteiger partial charge in [-0.3, -0.25) is 24.3 Å². The van der Waals surface area contributed by atoms with E-state index in [2.05, 4.69) is 15.9 Å². The Balaban J connectivity index is 1.44. The Kier molecular flexibility index (Phi) is 6.76. The second-order valence-corrected chi connectivity index (χ2v) is 9.22. The van der Waals surface area contributed by atoms with Crippen LogP contribution in [0.3, 0.4) is 0 Å². The fourth-order valence-corrected chi connectivity index (χ4v) is 5.08. The predicted octanol–water partition coefficient (Wildman–Crippen LogP) is 5.47. The van der Waals surface area contributed by atoms with Gasteiger partial charge in [-0.25, -0.2) is 15.4 Å². The van der Waals surface area contributed by atoms with Crippen molar-refractivity contribution in [3.05, 3.63) is 75.4 Å². The highest BCUT2D eigenvalue weighted by molar-refractivity contribution is 6.30. The van der Waals surface area contributed by atoms with Gasteiger partial charge in [0.15, 0.2) is 5.78 Å². The summed E-state index contributed by atoms with van der Waals surface area (Å²) in [6, 6.07) is 7.59. The van der Waals surface area contributed by atoms with Gasteiger partial charge in [0.1, 0.15) is 6.42 Å². The SMILES string of the molecule is [C-]#[N+][C@@H]1CC(F)(F)CN1C(=O)CCC(=O)c1ccncc1CC1CCCc2cc(Cl)ccc21. The van der Waals surface area contributed by atoms with Crippen molar-refractivity contribution in [2.24, 2.45) is 0 Å². The molecular formula is C25H24ClF2N3O2. The zero-order valence-electron chi connectivity index (χ0n) is 18.1. The number of aromatic nitrogens is 1. The molecule has 1 unspecified atom stereocenters. The summed E-state index contributed by atoms with van der Waals surface area (Å²) in [6.45, 7) is 6.32. The summed E-state index contributed by atoms with van der Waals surface area (Å²) < 4.78 is 27.3. The Labute approximate surface area is 196 Å². The molecule has 1 amide bonds. The Morgan fingerprint density at radius 3 is 2.88 bits per heavy atom.